The van der Waals surface area contributed by atoms with Crippen molar-refractivity contribution in [2.24, 2.45) is 5.73 Å². The summed E-state index contributed by atoms with van der Waals surface area (Å²) in [6.07, 6.45) is 1.56. The van der Waals surface area contributed by atoms with Crippen LogP contribution in [0.1, 0.15) is 49.8 Å². The maximum absolute atomic E-state index is 12.9. The summed E-state index contributed by atoms with van der Waals surface area (Å²) in [5, 5.41) is 41.3. The van der Waals surface area contributed by atoms with Crippen molar-refractivity contribution in [3.63, 3.8) is 0 Å². The molecule has 5 unspecified atom stereocenters. The van der Waals surface area contributed by atoms with Gasteiger partial charge in [-0.15, -0.1) is 11.3 Å². The summed E-state index contributed by atoms with van der Waals surface area (Å²) in [7, 11) is 0. The fourth-order valence-electron chi connectivity index (χ4n) is 4.41. The lowest BCUT2D eigenvalue weighted by molar-refractivity contribution is -0.158. The van der Waals surface area contributed by atoms with Gasteiger partial charge in [-0.25, -0.2) is 4.79 Å². The van der Waals surface area contributed by atoms with Gasteiger partial charge in [-0.1, -0.05) is 25.3 Å². The normalized spacial score (nSPS) is 29.7. The lowest BCUT2D eigenvalue weighted by Crippen LogP contribution is -2.65. The molecule has 3 rings (SSSR count). The fraction of sp³-hybridized carbons (Fsp3) is 0.667. The van der Waals surface area contributed by atoms with Crippen LogP contribution in [0.4, 0.5) is 4.79 Å². The first-order valence-corrected chi connectivity index (χ1v) is 11.8. The van der Waals surface area contributed by atoms with E-state index in [-0.39, 0.29) is 18.9 Å². The molecule has 32 heavy (non-hydrogen) atoms. The number of hydrogen-bond acceptors (Lipinski definition) is 7. The van der Waals surface area contributed by atoms with Crippen LogP contribution in [0.2, 0.25) is 0 Å². The number of carbonyl (C=O) groups is 3. The molecule has 178 valence electrons. The van der Waals surface area contributed by atoms with Gasteiger partial charge in [0.1, 0.15) is 17.7 Å². The first-order chi connectivity index (χ1) is 15.2. The van der Waals surface area contributed by atoms with E-state index in [1.165, 1.54) is 11.3 Å². The Bertz CT molecular complexity index is 800. The summed E-state index contributed by atoms with van der Waals surface area (Å²) in [6, 6.07) is 1.02. The number of aliphatic hydroxyl groups is 3. The first-order valence-electron chi connectivity index (χ1n) is 11.0. The zero-order valence-corrected chi connectivity index (χ0v) is 18.6. The van der Waals surface area contributed by atoms with Crippen LogP contribution >= 0.6 is 11.3 Å². The number of carbonyl (C=O) groups excluding carboxylic acids is 3. The number of hydrogen-bond donors (Lipinski definition) is 7. The van der Waals surface area contributed by atoms with Crippen molar-refractivity contribution < 1.29 is 29.7 Å². The number of rotatable bonds is 7. The first kappa shape index (κ1) is 24.4. The molecule has 0 aliphatic heterocycles. The molecule has 2 aliphatic carbocycles. The lowest BCUT2D eigenvalue weighted by Gasteiger charge is -2.42. The predicted octanol–water partition coefficient (Wildman–Crippen LogP) is -0.492. The summed E-state index contributed by atoms with van der Waals surface area (Å²) >= 11 is 1.40. The van der Waals surface area contributed by atoms with Crippen molar-refractivity contribution in [2.75, 3.05) is 0 Å². The highest BCUT2D eigenvalue weighted by atomic mass is 32.1. The minimum atomic E-state index is -2.09. The monoisotopic (exact) mass is 468 g/mol. The van der Waals surface area contributed by atoms with E-state index in [2.05, 4.69) is 16.0 Å². The van der Waals surface area contributed by atoms with Crippen LogP contribution in [0.5, 0.6) is 0 Å². The number of aliphatic hydroxyl groups excluding tert-OH is 2. The third kappa shape index (κ3) is 6.18. The largest absolute Gasteiger partial charge is 0.390 e. The maximum Gasteiger partial charge on any atom is 0.315 e. The summed E-state index contributed by atoms with van der Waals surface area (Å²) in [5.74, 6) is -1.64. The number of nitrogens with one attached hydrogen (secondary N) is 3. The van der Waals surface area contributed by atoms with Crippen molar-refractivity contribution in [3.8, 4) is 0 Å². The van der Waals surface area contributed by atoms with Gasteiger partial charge in [-0.05, 0) is 24.3 Å². The highest BCUT2D eigenvalue weighted by Crippen LogP contribution is 2.30. The Balaban J connectivity index is 1.63. The highest BCUT2D eigenvalue weighted by molar-refractivity contribution is 7.09. The van der Waals surface area contributed by atoms with Crippen LogP contribution in [0.3, 0.4) is 0 Å². The molecule has 5 atom stereocenters. The molecule has 10 nitrogen and oxygen atoms in total. The van der Waals surface area contributed by atoms with E-state index >= 15 is 0 Å². The molecule has 1 heterocycles. The van der Waals surface area contributed by atoms with E-state index in [1.807, 2.05) is 5.38 Å². The van der Waals surface area contributed by atoms with Gasteiger partial charge >= 0.3 is 6.03 Å². The lowest BCUT2D eigenvalue weighted by atomic mass is 9.77. The highest BCUT2D eigenvalue weighted by Gasteiger charge is 2.49. The zero-order valence-electron chi connectivity index (χ0n) is 17.8. The maximum atomic E-state index is 12.9. The fourth-order valence-corrected chi connectivity index (χ4v) is 5.16. The van der Waals surface area contributed by atoms with Crippen molar-refractivity contribution >= 4 is 29.2 Å². The number of thiophene rings is 1. The molecular formula is C21H32N4O6S. The average molecular weight is 469 g/mol. The van der Waals surface area contributed by atoms with Crippen LogP contribution < -0.4 is 21.7 Å². The molecule has 2 aliphatic rings. The Morgan fingerprint density at radius 3 is 2.50 bits per heavy atom. The standard InChI is InChI=1S/C21H32N4O6S/c22-18(28)14(9-13-7-4-8-32-13)24-19(29)21(31)10-15(17(27)16(26)11-21)25-20(30)23-12-5-2-1-3-6-12/h4,7-8,12,14-17,26-27,31H,1-3,5-6,9-11H2,(H2,22,28)(H,24,29)(H2,23,25,30). The molecule has 4 amide bonds. The topological polar surface area (TPSA) is 174 Å². The van der Waals surface area contributed by atoms with E-state index in [9.17, 15) is 29.7 Å². The van der Waals surface area contributed by atoms with Crippen molar-refractivity contribution in [2.45, 2.75) is 87.3 Å². The molecule has 0 bridgehead atoms. The van der Waals surface area contributed by atoms with E-state index in [0.29, 0.717) is 0 Å². The predicted molar refractivity (Wildman–Crippen MR) is 118 cm³/mol. The third-order valence-electron chi connectivity index (χ3n) is 6.22. The van der Waals surface area contributed by atoms with Crippen molar-refractivity contribution in [1.29, 1.82) is 0 Å². The van der Waals surface area contributed by atoms with Crippen LogP contribution in [-0.4, -0.2) is 69.1 Å². The second kappa shape index (κ2) is 10.6. The summed E-state index contributed by atoms with van der Waals surface area (Å²) in [5.41, 5.74) is 3.33. The van der Waals surface area contributed by atoms with Gasteiger partial charge in [0.25, 0.3) is 5.91 Å². The number of primary amides is 1. The average Bonchev–Trinajstić information content (AvgIpc) is 3.25. The van der Waals surface area contributed by atoms with Gasteiger partial charge in [-0.3, -0.25) is 9.59 Å². The van der Waals surface area contributed by atoms with Gasteiger partial charge in [-0.2, -0.15) is 0 Å². The van der Waals surface area contributed by atoms with Crippen LogP contribution in [0.25, 0.3) is 0 Å². The Hall–Kier alpha value is -2.21. The molecule has 8 N–H and O–H groups in total. The molecular weight excluding hydrogens is 436 g/mol. The van der Waals surface area contributed by atoms with E-state index in [4.69, 9.17) is 5.73 Å². The summed E-state index contributed by atoms with van der Waals surface area (Å²) < 4.78 is 0. The quantitative estimate of drug-likeness (QED) is 0.284. The van der Waals surface area contributed by atoms with Gasteiger partial charge < -0.3 is 37.0 Å². The van der Waals surface area contributed by atoms with Gasteiger partial charge in [0, 0.05) is 30.2 Å². The summed E-state index contributed by atoms with van der Waals surface area (Å²) in [4.78, 5) is 37.9. The van der Waals surface area contributed by atoms with Crippen molar-refractivity contribution in [1.82, 2.24) is 16.0 Å². The molecule has 11 heteroatoms. The third-order valence-corrected chi connectivity index (χ3v) is 7.12. The second-order valence-corrected chi connectivity index (χ2v) is 9.80. The molecule has 1 aromatic heterocycles. The number of urea groups is 1. The van der Waals surface area contributed by atoms with Crippen LogP contribution in [-0.2, 0) is 16.0 Å². The van der Waals surface area contributed by atoms with Gasteiger partial charge in [0.2, 0.25) is 5.91 Å². The smallest absolute Gasteiger partial charge is 0.315 e. The minimum Gasteiger partial charge on any atom is -0.390 e. The Morgan fingerprint density at radius 1 is 1.16 bits per heavy atom. The van der Waals surface area contributed by atoms with E-state index in [0.717, 1.165) is 37.0 Å². The van der Waals surface area contributed by atoms with Crippen LogP contribution in [0.15, 0.2) is 17.5 Å². The molecule has 0 aromatic carbocycles. The van der Waals surface area contributed by atoms with Crippen molar-refractivity contribution in [3.05, 3.63) is 22.4 Å². The SMILES string of the molecule is NC(=O)C(Cc1cccs1)NC(=O)C1(O)CC(O)C(O)C(NC(=O)NC2CCCCC2)C1. The second-order valence-electron chi connectivity index (χ2n) is 8.77. The molecule has 1 aromatic rings. The summed E-state index contributed by atoms with van der Waals surface area (Å²) in [6.45, 7) is 0. The number of amides is 4. The Labute approximate surface area is 190 Å². The Kier molecular flexibility index (Phi) is 8.10. The molecule has 0 radical (unpaired) electrons. The Morgan fingerprint density at radius 2 is 1.88 bits per heavy atom. The molecule has 2 saturated carbocycles. The molecule has 0 spiro atoms. The van der Waals surface area contributed by atoms with Gasteiger partial charge in [0.15, 0.2) is 0 Å². The molecule has 0 saturated heterocycles. The molecule has 2 fully saturated rings. The van der Waals surface area contributed by atoms with E-state index < -0.39 is 54.2 Å². The van der Waals surface area contributed by atoms with E-state index in [1.54, 1.807) is 12.1 Å². The zero-order chi connectivity index (χ0) is 23.3. The van der Waals surface area contributed by atoms with Gasteiger partial charge in [0.05, 0.1) is 12.1 Å². The van der Waals surface area contributed by atoms with Crippen LogP contribution in [0, 0.1) is 0 Å². The number of nitrogens with two attached hydrogens (primary N) is 1. The minimum absolute atomic E-state index is 0.0326.